The van der Waals surface area contributed by atoms with Crippen molar-refractivity contribution >= 4 is 17.5 Å². The average molecular weight is 294 g/mol. The molecular weight excluding hydrogens is 276 g/mol. The molecule has 1 aliphatic carbocycles. The van der Waals surface area contributed by atoms with E-state index in [1.807, 2.05) is 18.2 Å². The second kappa shape index (κ2) is 6.85. The molecule has 1 saturated carbocycles. The van der Waals surface area contributed by atoms with Crippen LogP contribution >= 0.6 is 0 Å². The van der Waals surface area contributed by atoms with E-state index < -0.39 is 0 Å². The number of aromatic nitrogens is 3. The molecule has 3 rings (SSSR count). The van der Waals surface area contributed by atoms with Gasteiger partial charge in [-0.2, -0.15) is 15.3 Å². The lowest BCUT2D eigenvalue weighted by molar-refractivity contribution is 0.461. The van der Waals surface area contributed by atoms with Crippen molar-refractivity contribution in [1.82, 2.24) is 15.2 Å². The summed E-state index contributed by atoms with van der Waals surface area (Å²) >= 11 is 0. The molecule has 2 aromatic rings. The molecule has 0 bridgehead atoms. The molecule has 1 aromatic carbocycles. The van der Waals surface area contributed by atoms with Gasteiger partial charge in [-0.3, -0.25) is 0 Å². The molecule has 2 N–H and O–H groups in total. The highest BCUT2D eigenvalue weighted by Gasteiger charge is 2.14. The second-order valence-electron chi connectivity index (χ2n) is 5.43. The van der Waals surface area contributed by atoms with Crippen molar-refractivity contribution in [2.45, 2.75) is 38.1 Å². The Labute approximate surface area is 129 Å². The molecule has 0 spiro atoms. The molecule has 0 aliphatic heterocycles. The molecule has 6 nitrogen and oxygen atoms in total. The predicted octanol–water partition coefficient (Wildman–Crippen LogP) is 3.23. The van der Waals surface area contributed by atoms with E-state index in [9.17, 15) is 0 Å². The Morgan fingerprint density at radius 1 is 1.14 bits per heavy atom. The fourth-order valence-electron chi connectivity index (χ4n) is 2.69. The van der Waals surface area contributed by atoms with Gasteiger partial charge in [0.15, 0.2) is 5.82 Å². The fourth-order valence-corrected chi connectivity index (χ4v) is 2.69. The second-order valence-corrected chi connectivity index (χ2v) is 5.43. The van der Waals surface area contributed by atoms with Gasteiger partial charge in [0.25, 0.3) is 0 Å². The summed E-state index contributed by atoms with van der Waals surface area (Å²) in [6, 6.07) is 9.86. The zero-order chi connectivity index (χ0) is 15.2. The largest absolute Gasteiger partial charge is 0.366 e. The van der Waals surface area contributed by atoms with Crippen molar-refractivity contribution in [3.05, 3.63) is 36.0 Å². The van der Waals surface area contributed by atoms with E-state index >= 15 is 0 Å². The SMILES string of the molecule is N#Cc1ccccc1Nc1nncc(NC2CCCCC2)n1. The molecule has 22 heavy (non-hydrogen) atoms. The van der Waals surface area contributed by atoms with Crippen molar-refractivity contribution in [1.29, 1.82) is 5.26 Å². The van der Waals surface area contributed by atoms with Crippen LogP contribution in [0.5, 0.6) is 0 Å². The first-order valence-corrected chi connectivity index (χ1v) is 7.57. The van der Waals surface area contributed by atoms with Gasteiger partial charge in [0.1, 0.15) is 6.07 Å². The fraction of sp³-hybridized carbons (Fsp3) is 0.375. The lowest BCUT2D eigenvalue weighted by Crippen LogP contribution is -2.23. The van der Waals surface area contributed by atoms with Crippen LogP contribution < -0.4 is 10.6 Å². The van der Waals surface area contributed by atoms with Crippen LogP contribution in [0, 0.1) is 11.3 Å². The predicted molar refractivity (Wildman–Crippen MR) is 84.8 cm³/mol. The van der Waals surface area contributed by atoms with Crippen LogP contribution in [0.3, 0.4) is 0 Å². The Kier molecular flexibility index (Phi) is 4.44. The number of hydrogen-bond donors (Lipinski definition) is 2. The van der Waals surface area contributed by atoms with Crippen molar-refractivity contribution in [3.8, 4) is 6.07 Å². The minimum atomic E-state index is 0.392. The Hall–Kier alpha value is -2.68. The Bertz CT molecular complexity index is 672. The first kappa shape index (κ1) is 14.3. The number of anilines is 3. The van der Waals surface area contributed by atoms with E-state index in [2.05, 4.69) is 31.9 Å². The molecule has 1 aromatic heterocycles. The Balaban J connectivity index is 1.72. The standard InChI is InChI=1S/C16H18N6/c17-10-12-6-4-5-9-14(12)20-16-21-15(11-18-22-16)19-13-7-2-1-3-8-13/h4-6,9,11,13H,1-3,7-8H2,(H2,19,20,21,22). The smallest absolute Gasteiger partial charge is 0.249 e. The topological polar surface area (TPSA) is 86.5 Å². The molecule has 0 radical (unpaired) electrons. The van der Waals surface area contributed by atoms with Crippen LogP contribution in [-0.2, 0) is 0 Å². The number of para-hydroxylation sites is 1. The van der Waals surface area contributed by atoms with E-state index in [0.717, 1.165) is 5.82 Å². The monoisotopic (exact) mass is 294 g/mol. The van der Waals surface area contributed by atoms with Crippen molar-refractivity contribution in [3.63, 3.8) is 0 Å². The molecule has 0 atom stereocenters. The van der Waals surface area contributed by atoms with Gasteiger partial charge in [-0.25, -0.2) is 0 Å². The van der Waals surface area contributed by atoms with E-state index in [-0.39, 0.29) is 0 Å². The van der Waals surface area contributed by atoms with Gasteiger partial charge in [0.2, 0.25) is 5.95 Å². The molecule has 0 saturated heterocycles. The van der Waals surface area contributed by atoms with Gasteiger partial charge >= 0.3 is 0 Å². The maximum absolute atomic E-state index is 9.11. The normalized spacial score (nSPS) is 15.0. The summed E-state index contributed by atoms with van der Waals surface area (Å²) in [5, 5.41) is 23.5. The molecule has 6 heteroatoms. The molecule has 112 valence electrons. The molecule has 0 amide bonds. The Morgan fingerprint density at radius 3 is 2.77 bits per heavy atom. The number of hydrogen-bond acceptors (Lipinski definition) is 6. The Morgan fingerprint density at radius 2 is 1.95 bits per heavy atom. The van der Waals surface area contributed by atoms with Gasteiger partial charge in [0.05, 0.1) is 17.4 Å². The molecular formula is C16H18N6. The average Bonchev–Trinajstić information content (AvgIpc) is 2.57. The number of nitriles is 1. The third kappa shape index (κ3) is 3.50. The number of rotatable bonds is 4. The van der Waals surface area contributed by atoms with Crippen LogP contribution in [-0.4, -0.2) is 21.2 Å². The van der Waals surface area contributed by atoms with Crippen LogP contribution in [0.25, 0.3) is 0 Å². The molecule has 1 aliphatic rings. The lowest BCUT2D eigenvalue weighted by atomic mass is 9.96. The van der Waals surface area contributed by atoms with E-state index in [4.69, 9.17) is 5.26 Å². The van der Waals surface area contributed by atoms with Gasteiger partial charge < -0.3 is 10.6 Å². The van der Waals surface area contributed by atoms with Gasteiger partial charge in [0, 0.05) is 6.04 Å². The summed E-state index contributed by atoms with van der Waals surface area (Å²) in [5.41, 5.74) is 1.23. The summed E-state index contributed by atoms with van der Waals surface area (Å²) in [5.74, 6) is 1.11. The third-order valence-corrected chi connectivity index (χ3v) is 3.81. The maximum Gasteiger partial charge on any atom is 0.249 e. The highest BCUT2D eigenvalue weighted by Crippen LogP contribution is 2.21. The molecule has 0 unspecified atom stereocenters. The van der Waals surface area contributed by atoms with Crippen molar-refractivity contribution in [2.24, 2.45) is 0 Å². The van der Waals surface area contributed by atoms with E-state index in [1.165, 1.54) is 32.1 Å². The van der Waals surface area contributed by atoms with Gasteiger partial charge in [-0.15, -0.1) is 5.10 Å². The van der Waals surface area contributed by atoms with Crippen molar-refractivity contribution < 1.29 is 0 Å². The van der Waals surface area contributed by atoms with Crippen LogP contribution in [0.4, 0.5) is 17.5 Å². The zero-order valence-corrected chi connectivity index (χ0v) is 12.3. The quantitative estimate of drug-likeness (QED) is 0.900. The van der Waals surface area contributed by atoms with Crippen molar-refractivity contribution in [2.75, 3.05) is 10.6 Å². The first-order chi connectivity index (χ1) is 10.8. The number of nitrogens with zero attached hydrogens (tertiary/aromatic N) is 4. The number of benzene rings is 1. The maximum atomic E-state index is 9.11. The minimum absolute atomic E-state index is 0.392. The summed E-state index contributed by atoms with van der Waals surface area (Å²) in [4.78, 5) is 4.43. The molecule has 1 heterocycles. The first-order valence-electron chi connectivity index (χ1n) is 7.57. The summed E-state index contributed by atoms with van der Waals surface area (Å²) in [6.07, 6.45) is 7.82. The minimum Gasteiger partial charge on any atom is -0.366 e. The highest BCUT2D eigenvalue weighted by molar-refractivity contribution is 5.63. The summed E-state index contributed by atoms with van der Waals surface area (Å²) in [6.45, 7) is 0. The van der Waals surface area contributed by atoms with E-state index in [1.54, 1.807) is 12.3 Å². The van der Waals surface area contributed by atoms with Crippen LogP contribution in [0.2, 0.25) is 0 Å². The third-order valence-electron chi connectivity index (χ3n) is 3.81. The van der Waals surface area contributed by atoms with Gasteiger partial charge in [-0.05, 0) is 25.0 Å². The summed E-state index contributed by atoms with van der Waals surface area (Å²) < 4.78 is 0. The van der Waals surface area contributed by atoms with E-state index in [0.29, 0.717) is 23.2 Å². The van der Waals surface area contributed by atoms with Crippen LogP contribution in [0.1, 0.15) is 37.7 Å². The lowest BCUT2D eigenvalue weighted by Gasteiger charge is -2.23. The van der Waals surface area contributed by atoms with Gasteiger partial charge in [-0.1, -0.05) is 31.4 Å². The number of nitrogens with one attached hydrogen (secondary N) is 2. The molecule has 1 fully saturated rings. The summed E-state index contributed by atoms with van der Waals surface area (Å²) in [7, 11) is 0. The van der Waals surface area contributed by atoms with Crippen LogP contribution in [0.15, 0.2) is 30.5 Å². The highest BCUT2D eigenvalue weighted by atomic mass is 15.3. The zero-order valence-electron chi connectivity index (χ0n) is 12.3.